The van der Waals surface area contributed by atoms with Crippen LogP contribution in [0.3, 0.4) is 0 Å². The summed E-state index contributed by atoms with van der Waals surface area (Å²) in [6, 6.07) is 25.3. The SMILES string of the molecule is CC1(C)C(=CC=C2CCCC(C=CC3=[N+](CCCCS(=O)(=O)[O-])c4ccc5ccccc5c4C3(C)C)=C2Cl)N(CCCCS(=O)(=O)[O-])c2ccc3ccccc3c21.[NH4+]. The molecule has 0 radical (unpaired) electrons. The fourth-order valence-corrected chi connectivity index (χ4v) is 10.6. The van der Waals surface area contributed by atoms with Gasteiger partial charge < -0.3 is 20.2 Å². The zero-order valence-electron chi connectivity index (χ0n) is 34.1. The molecule has 9 nitrogen and oxygen atoms in total. The number of anilines is 1. The van der Waals surface area contributed by atoms with Crippen molar-refractivity contribution in [1.29, 1.82) is 0 Å². The standard InChI is InChI=1S/C46H51ClN2O6S2.H3N/c1-45(2)40(48(28-9-11-30-56(50,51)52)38-24-20-32-14-5-7-18-36(32)42(38)45)26-22-34-16-13-17-35(44(34)47)23-27-41-46(3,4)43-37-19-8-6-15-33(37)21-25-39(43)49(41)29-10-12-31-57(53,54)55;/h5-8,14-15,18-27H,9-13,16-17,28-31H2,1-4H3,(H-,50,51,52,53,54,55);1H3. The molecule has 0 amide bonds. The van der Waals surface area contributed by atoms with Gasteiger partial charge in [0.05, 0.1) is 25.7 Å². The number of allylic oxidation sites excluding steroid dienone is 8. The minimum absolute atomic E-state index is 0. The van der Waals surface area contributed by atoms with Crippen molar-refractivity contribution in [2.45, 2.75) is 83.5 Å². The van der Waals surface area contributed by atoms with E-state index in [1.165, 1.54) is 21.9 Å². The largest absolute Gasteiger partial charge is 0.748 e. The van der Waals surface area contributed by atoms with Gasteiger partial charge in [0.2, 0.25) is 5.69 Å². The summed E-state index contributed by atoms with van der Waals surface area (Å²) in [6.07, 6.45) is 12.9. The Balaban J connectivity index is 0.00000567. The summed E-state index contributed by atoms with van der Waals surface area (Å²) in [7, 11) is -8.57. The van der Waals surface area contributed by atoms with E-state index in [1.54, 1.807) is 0 Å². The predicted molar refractivity (Wildman–Crippen MR) is 237 cm³/mol. The van der Waals surface area contributed by atoms with Crippen molar-refractivity contribution in [3.05, 3.63) is 130 Å². The van der Waals surface area contributed by atoms with Gasteiger partial charge in [-0.15, -0.1) is 0 Å². The number of hydrogen-bond acceptors (Lipinski definition) is 7. The lowest BCUT2D eigenvalue weighted by atomic mass is 9.78. The molecule has 0 bridgehead atoms. The first-order chi connectivity index (χ1) is 27.0. The molecule has 4 N–H and O–H groups in total. The lowest BCUT2D eigenvalue weighted by Crippen LogP contribution is -2.28. The molecule has 58 heavy (non-hydrogen) atoms. The molecule has 0 atom stereocenters. The first kappa shape index (κ1) is 43.5. The molecule has 7 rings (SSSR count). The third-order valence-electron chi connectivity index (χ3n) is 11.9. The first-order valence-corrected chi connectivity index (χ1v) is 23.3. The van der Waals surface area contributed by atoms with Crippen molar-refractivity contribution >= 4 is 70.5 Å². The molecule has 0 fully saturated rings. The van der Waals surface area contributed by atoms with Gasteiger partial charge in [-0.2, -0.15) is 4.58 Å². The summed E-state index contributed by atoms with van der Waals surface area (Å²) in [5, 5.41) is 5.40. The molecule has 2 heterocycles. The van der Waals surface area contributed by atoms with E-state index in [4.69, 9.17) is 11.6 Å². The molecule has 0 saturated heterocycles. The molecule has 0 saturated carbocycles. The Hall–Kier alpha value is -4.10. The summed E-state index contributed by atoms with van der Waals surface area (Å²) >= 11 is 7.28. The normalized spacial score (nSPS) is 19.2. The van der Waals surface area contributed by atoms with Crippen LogP contribution in [0.15, 0.2) is 119 Å². The van der Waals surface area contributed by atoms with Crippen molar-refractivity contribution in [2.75, 3.05) is 29.5 Å². The fraction of sp³-hybridized carbons (Fsp3) is 0.370. The quantitative estimate of drug-likeness (QED) is 0.0797. The summed E-state index contributed by atoms with van der Waals surface area (Å²) in [6.45, 7) is 10.1. The van der Waals surface area contributed by atoms with Gasteiger partial charge in [0.1, 0.15) is 6.54 Å². The third kappa shape index (κ3) is 8.76. The minimum atomic E-state index is -4.29. The van der Waals surface area contributed by atoms with E-state index in [0.717, 1.165) is 69.0 Å². The summed E-state index contributed by atoms with van der Waals surface area (Å²) in [5.74, 6) is -0.756. The molecule has 0 aromatic heterocycles. The highest BCUT2D eigenvalue weighted by Gasteiger charge is 2.45. The number of nitrogens with zero attached hydrogens (tertiary/aromatic N) is 2. The van der Waals surface area contributed by atoms with Gasteiger partial charge in [-0.3, -0.25) is 0 Å². The molecule has 0 spiro atoms. The zero-order chi connectivity index (χ0) is 40.8. The first-order valence-electron chi connectivity index (χ1n) is 19.8. The molecule has 3 aliphatic rings. The maximum absolute atomic E-state index is 11.4. The smallest absolute Gasteiger partial charge is 0.210 e. The Morgan fingerprint density at radius 1 is 0.724 bits per heavy atom. The van der Waals surface area contributed by atoms with Crippen LogP contribution < -0.4 is 11.1 Å². The highest BCUT2D eigenvalue weighted by molar-refractivity contribution is 7.85. The monoisotopic (exact) mass is 843 g/mol. The Morgan fingerprint density at radius 3 is 1.98 bits per heavy atom. The summed E-state index contributed by atoms with van der Waals surface area (Å²) in [5.41, 5.74) is 8.17. The average molecular weight is 845 g/mol. The molecule has 1 aliphatic carbocycles. The van der Waals surface area contributed by atoms with Crippen molar-refractivity contribution in [1.82, 2.24) is 6.15 Å². The third-order valence-corrected chi connectivity index (χ3v) is 14.0. The molecule has 4 aromatic rings. The van der Waals surface area contributed by atoms with E-state index in [1.807, 2.05) is 12.1 Å². The lowest BCUT2D eigenvalue weighted by Gasteiger charge is -2.27. The van der Waals surface area contributed by atoms with Gasteiger partial charge in [0.15, 0.2) is 5.71 Å². The summed E-state index contributed by atoms with van der Waals surface area (Å²) < 4.78 is 70.6. The van der Waals surface area contributed by atoms with Crippen molar-refractivity contribution in [3.63, 3.8) is 0 Å². The van der Waals surface area contributed by atoms with Gasteiger partial charge >= 0.3 is 0 Å². The highest BCUT2D eigenvalue weighted by Crippen LogP contribution is 2.51. The summed E-state index contributed by atoms with van der Waals surface area (Å²) in [4.78, 5) is 2.28. The van der Waals surface area contributed by atoms with E-state index in [0.29, 0.717) is 38.8 Å². The second kappa shape index (κ2) is 16.9. The molecule has 2 aliphatic heterocycles. The number of quaternary nitrogens is 1. The van der Waals surface area contributed by atoms with Crippen LogP contribution in [0.25, 0.3) is 21.5 Å². The van der Waals surface area contributed by atoms with Crippen LogP contribution in [0.1, 0.15) is 83.8 Å². The number of fused-ring (bicyclic) bond motifs is 6. The van der Waals surface area contributed by atoms with Gasteiger partial charge in [-0.25, -0.2) is 16.8 Å². The minimum Gasteiger partial charge on any atom is -0.748 e. The molecular formula is C46H54ClN3O6S2. The van der Waals surface area contributed by atoms with E-state index in [-0.39, 0.29) is 28.5 Å². The molecule has 308 valence electrons. The Morgan fingerprint density at radius 2 is 1.33 bits per heavy atom. The number of rotatable bonds is 13. The van der Waals surface area contributed by atoms with Crippen LogP contribution in [-0.4, -0.2) is 60.8 Å². The predicted octanol–water partition coefficient (Wildman–Crippen LogP) is 10.2. The van der Waals surface area contributed by atoms with Gasteiger partial charge in [0, 0.05) is 64.0 Å². The fourth-order valence-electron chi connectivity index (χ4n) is 9.22. The second-order valence-corrected chi connectivity index (χ2v) is 19.9. The molecular weight excluding hydrogens is 790 g/mol. The zero-order valence-corrected chi connectivity index (χ0v) is 36.4. The maximum Gasteiger partial charge on any atom is 0.210 e. The second-order valence-electron chi connectivity index (χ2n) is 16.5. The Bertz CT molecular complexity index is 2640. The molecule has 0 unspecified atom stereocenters. The van der Waals surface area contributed by atoms with Gasteiger partial charge in [0.25, 0.3) is 0 Å². The Labute approximate surface area is 348 Å². The lowest BCUT2D eigenvalue weighted by molar-refractivity contribution is -0.438. The average Bonchev–Trinajstić information content (AvgIpc) is 3.51. The number of halogens is 1. The number of benzene rings is 4. The molecule has 4 aromatic carbocycles. The Kier molecular flexibility index (Phi) is 12.6. The highest BCUT2D eigenvalue weighted by atomic mass is 35.5. The van der Waals surface area contributed by atoms with Crippen molar-refractivity contribution in [3.8, 4) is 0 Å². The van der Waals surface area contributed by atoms with E-state index >= 15 is 0 Å². The van der Waals surface area contributed by atoms with Crippen LogP contribution in [0.4, 0.5) is 11.4 Å². The van der Waals surface area contributed by atoms with Crippen molar-refractivity contribution in [2.24, 2.45) is 0 Å². The van der Waals surface area contributed by atoms with Gasteiger partial charge in [-0.05, 0) is 109 Å². The van der Waals surface area contributed by atoms with Crippen molar-refractivity contribution < 1.29 is 30.5 Å². The van der Waals surface area contributed by atoms with Crippen LogP contribution in [0, 0.1) is 0 Å². The van der Waals surface area contributed by atoms with Crippen LogP contribution in [-0.2, 0) is 31.1 Å². The van der Waals surface area contributed by atoms with E-state index in [2.05, 4.69) is 122 Å². The van der Waals surface area contributed by atoms with E-state index in [9.17, 15) is 25.9 Å². The van der Waals surface area contributed by atoms with Crippen LogP contribution in [0.2, 0.25) is 0 Å². The van der Waals surface area contributed by atoms with Crippen LogP contribution >= 0.6 is 11.6 Å². The molecule has 12 heteroatoms. The van der Waals surface area contributed by atoms with Gasteiger partial charge in [-0.1, -0.05) is 92.2 Å². The number of unbranched alkanes of at least 4 members (excludes halogenated alkanes) is 2. The van der Waals surface area contributed by atoms with E-state index < -0.39 is 20.2 Å². The number of hydrogen-bond donors (Lipinski definition) is 1. The topological polar surface area (TPSA) is 157 Å². The maximum atomic E-state index is 11.4. The van der Waals surface area contributed by atoms with Crippen LogP contribution in [0.5, 0.6) is 0 Å².